The number of anilines is 1. The molecule has 2 heterocycles. The number of thiazole rings is 1. The van der Waals surface area contributed by atoms with E-state index in [0.717, 1.165) is 16.6 Å². The maximum absolute atomic E-state index is 5.32. The molecule has 0 saturated carbocycles. The molecule has 14 heavy (non-hydrogen) atoms. The first-order valence-electron chi connectivity index (χ1n) is 4.02. The Balaban J connectivity index is 0.000000980. The van der Waals surface area contributed by atoms with Crippen molar-refractivity contribution in [3.05, 3.63) is 23.8 Å². The molecule has 5 heteroatoms. The summed E-state index contributed by atoms with van der Waals surface area (Å²) in [5.74, 6) is 0.903. The van der Waals surface area contributed by atoms with Crippen molar-refractivity contribution in [3.63, 3.8) is 0 Å². The Hall–Kier alpha value is -0.810. The van der Waals surface area contributed by atoms with Crippen molar-refractivity contribution in [2.75, 3.05) is 12.4 Å². The molecule has 0 bridgehead atoms. The first-order chi connectivity index (χ1) is 6.33. The number of furan rings is 1. The van der Waals surface area contributed by atoms with Gasteiger partial charge < -0.3 is 21.4 Å². The smallest absolute Gasteiger partial charge is 0.333 e. The Bertz CT molecular complexity index is 397. The van der Waals surface area contributed by atoms with E-state index in [0.29, 0.717) is 0 Å². The Morgan fingerprint density at radius 3 is 2.79 bits per heavy atom. The van der Waals surface area contributed by atoms with Gasteiger partial charge in [-0.05, 0) is 12.1 Å². The summed E-state index contributed by atoms with van der Waals surface area (Å²) in [7, 11) is 3.93. The van der Waals surface area contributed by atoms with Crippen LogP contribution in [0.2, 0.25) is 0 Å². The van der Waals surface area contributed by atoms with E-state index in [-0.39, 0.29) is 17.0 Å². The summed E-state index contributed by atoms with van der Waals surface area (Å²) in [5, 5.41) is 6.31. The molecule has 0 fully saturated rings. The van der Waals surface area contributed by atoms with Crippen molar-refractivity contribution in [2.24, 2.45) is 7.05 Å². The lowest BCUT2D eigenvalue weighted by molar-refractivity contribution is -0.642. The van der Waals surface area contributed by atoms with E-state index in [4.69, 9.17) is 4.42 Å². The van der Waals surface area contributed by atoms with E-state index in [1.54, 1.807) is 17.6 Å². The molecule has 0 unspecified atom stereocenters. The molecule has 0 saturated heterocycles. The van der Waals surface area contributed by atoms with Gasteiger partial charge >= 0.3 is 5.13 Å². The fourth-order valence-electron chi connectivity index (χ4n) is 1.25. The fourth-order valence-corrected chi connectivity index (χ4v) is 2.13. The second kappa shape index (κ2) is 4.61. The monoisotopic (exact) mass is 274 g/mol. The van der Waals surface area contributed by atoms with Crippen LogP contribution in [-0.4, -0.2) is 7.05 Å². The third-order valence-electron chi connectivity index (χ3n) is 1.94. The molecule has 0 atom stereocenters. The summed E-state index contributed by atoms with van der Waals surface area (Å²) in [6.45, 7) is 0. The molecule has 0 aliphatic rings. The summed E-state index contributed by atoms with van der Waals surface area (Å²) in [5.41, 5.74) is 1.10. The van der Waals surface area contributed by atoms with Crippen LogP contribution in [0.3, 0.4) is 0 Å². The zero-order valence-electron chi connectivity index (χ0n) is 7.95. The van der Waals surface area contributed by atoms with Crippen molar-refractivity contribution in [2.45, 2.75) is 0 Å². The van der Waals surface area contributed by atoms with Gasteiger partial charge in [0, 0.05) is 5.38 Å². The van der Waals surface area contributed by atoms with Crippen molar-refractivity contribution >= 4 is 16.5 Å². The van der Waals surface area contributed by atoms with Gasteiger partial charge in [0.15, 0.2) is 11.5 Å². The highest BCUT2D eigenvalue weighted by molar-refractivity contribution is 7.13. The quantitative estimate of drug-likeness (QED) is 0.703. The second-order valence-corrected chi connectivity index (χ2v) is 3.57. The topological polar surface area (TPSA) is 29.1 Å². The van der Waals surface area contributed by atoms with Crippen LogP contribution in [0.1, 0.15) is 0 Å². The fraction of sp³-hybridized carbons (Fsp3) is 0.222. The van der Waals surface area contributed by atoms with Gasteiger partial charge in [-0.1, -0.05) is 11.3 Å². The van der Waals surface area contributed by atoms with Crippen LogP contribution in [0.5, 0.6) is 0 Å². The normalized spacial score (nSPS) is 9.57. The lowest BCUT2D eigenvalue weighted by Crippen LogP contribution is -3.00. The zero-order valence-corrected chi connectivity index (χ0v) is 10.4. The van der Waals surface area contributed by atoms with Crippen molar-refractivity contribution in [3.8, 4) is 11.5 Å². The maximum atomic E-state index is 5.32. The van der Waals surface area contributed by atoms with E-state index in [1.165, 1.54) is 0 Å². The van der Waals surface area contributed by atoms with Gasteiger partial charge in [0.05, 0.1) is 20.4 Å². The lowest BCUT2D eigenvalue weighted by Gasteiger charge is -1.93. The van der Waals surface area contributed by atoms with Crippen LogP contribution in [-0.2, 0) is 7.05 Å². The van der Waals surface area contributed by atoms with Crippen LogP contribution < -0.4 is 26.9 Å². The van der Waals surface area contributed by atoms with E-state index in [1.807, 2.05) is 26.2 Å². The molecule has 2 aromatic rings. The number of halogens is 1. The van der Waals surface area contributed by atoms with Crippen molar-refractivity contribution < 1.29 is 26.0 Å². The molecule has 1 N–H and O–H groups in total. The first-order valence-corrected chi connectivity index (χ1v) is 4.90. The van der Waals surface area contributed by atoms with Crippen LogP contribution >= 0.6 is 11.3 Å². The number of nitrogens with one attached hydrogen (secondary N) is 1. The molecule has 2 aromatic heterocycles. The van der Waals surface area contributed by atoms with Gasteiger partial charge in [-0.2, -0.15) is 0 Å². The zero-order chi connectivity index (χ0) is 9.26. The third-order valence-corrected chi connectivity index (χ3v) is 2.98. The number of aromatic nitrogens is 1. The minimum absolute atomic E-state index is 0. The molecular formula is C9H11BrN2OS. The number of hydrogen-bond donors (Lipinski definition) is 1. The summed E-state index contributed by atoms with van der Waals surface area (Å²) in [6.07, 6.45) is 1.69. The Morgan fingerprint density at radius 2 is 2.29 bits per heavy atom. The lowest BCUT2D eigenvalue weighted by atomic mass is 10.3. The minimum Gasteiger partial charge on any atom is -1.00 e. The third kappa shape index (κ3) is 1.83. The SMILES string of the molecule is CNc1scc(-c2ccco2)[n+]1C.[Br-]. The van der Waals surface area contributed by atoms with Gasteiger partial charge in [0.25, 0.3) is 0 Å². The van der Waals surface area contributed by atoms with Crippen LogP contribution in [0.25, 0.3) is 11.5 Å². The Kier molecular flexibility index (Phi) is 3.71. The van der Waals surface area contributed by atoms with E-state index in [2.05, 4.69) is 15.3 Å². The number of rotatable bonds is 2. The van der Waals surface area contributed by atoms with Gasteiger partial charge in [0.1, 0.15) is 0 Å². The molecular weight excluding hydrogens is 264 g/mol. The highest BCUT2D eigenvalue weighted by Gasteiger charge is 2.15. The molecule has 0 aliphatic carbocycles. The standard InChI is InChI=1S/C9H10N2OS.BrH/c1-10-9-11(2)7(6-13-9)8-4-3-5-12-8;/h3-6H,1-2H3;1H. The number of hydrogen-bond acceptors (Lipinski definition) is 3. The van der Waals surface area contributed by atoms with Crippen molar-refractivity contribution in [1.82, 2.24) is 0 Å². The summed E-state index contributed by atoms with van der Waals surface area (Å²) < 4.78 is 7.39. The van der Waals surface area contributed by atoms with Crippen LogP contribution in [0, 0.1) is 0 Å². The summed E-state index contributed by atoms with van der Waals surface area (Å²) in [4.78, 5) is 0. The first kappa shape index (κ1) is 11.3. The molecule has 2 rings (SSSR count). The molecule has 3 nitrogen and oxygen atoms in total. The van der Waals surface area contributed by atoms with Gasteiger partial charge in [-0.3, -0.25) is 5.32 Å². The molecule has 0 aliphatic heterocycles. The Morgan fingerprint density at radius 1 is 1.50 bits per heavy atom. The molecule has 76 valence electrons. The summed E-state index contributed by atoms with van der Waals surface area (Å²) in [6, 6.07) is 3.85. The highest BCUT2D eigenvalue weighted by Crippen LogP contribution is 2.22. The maximum Gasteiger partial charge on any atom is 0.333 e. The van der Waals surface area contributed by atoms with Gasteiger partial charge in [-0.15, -0.1) is 0 Å². The van der Waals surface area contributed by atoms with Gasteiger partial charge in [0.2, 0.25) is 0 Å². The van der Waals surface area contributed by atoms with Crippen molar-refractivity contribution in [1.29, 1.82) is 0 Å². The predicted octanol–water partition coefficient (Wildman–Crippen LogP) is -1.12. The minimum atomic E-state index is 0. The van der Waals surface area contributed by atoms with Crippen LogP contribution in [0.4, 0.5) is 5.13 Å². The average molecular weight is 275 g/mol. The molecule has 0 amide bonds. The number of nitrogens with zero attached hydrogens (tertiary/aromatic N) is 1. The van der Waals surface area contributed by atoms with E-state index < -0.39 is 0 Å². The van der Waals surface area contributed by atoms with E-state index in [9.17, 15) is 0 Å². The molecule has 0 aromatic carbocycles. The molecule has 0 radical (unpaired) electrons. The molecule has 0 spiro atoms. The van der Waals surface area contributed by atoms with Crippen LogP contribution in [0.15, 0.2) is 28.2 Å². The van der Waals surface area contributed by atoms with E-state index >= 15 is 0 Å². The highest BCUT2D eigenvalue weighted by atomic mass is 79.9. The second-order valence-electron chi connectivity index (χ2n) is 2.71. The average Bonchev–Trinajstić information content (AvgIpc) is 2.72. The predicted molar refractivity (Wildman–Crippen MR) is 52.7 cm³/mol. The Labute approximate surface area is 97.1 Å². The van der Waals surface area contributed by atoms with Gasteiger partial charge in [-0.25, -0.2) is 4.57 Å². The largest absolute Gasteiger partial charge is 1.00 e. The summed E-state index contributed by atoms with van der Waals surface area (Å²) >= 11 is 1.67.